The first-order valence-electron chi connectivity index (χ1n) is 7.39. The topological polar surface area (TPSA) is 73.8 Å². The molecule has 1 aliphatic carbocycles. The number of hydrogen-bond donors (Lipinski definition) is 3. The van der Waals surface area contributed by atoms with Crippen LogP contribution >= 0.6 is 0 Å². The van der Waals surface area contributed by atoms with Gasteiger partial charge in [0.15, 0.2) is 0 Å². The van der Waals surface area contributed by atoms with E-state index in [0.29, 0.717) is 6.04 Å². The number of rotatable bonds is 3. The smallest absolute Gasteiger partial charge is 0.143 e. The third-order valence-electron chi connectivity index (χ3n) is 4.34. The van der Waals surface area contributed by atoms with Crippen LogP contribution in [0.1, 0.15) is 45.1 Å². The quantitative estimate of drug-likeness (QED) is 0.804. The Balaban J connectivity index is 1.83. The molecule has 0 aliphatic heterocycles. The number of aromatic amines is 1. The van der Waals surface area contributed by atoms with Crippen molar-refractivity contribution in [2.45, 2.75) is 57.6 Å². The SMILES string of the molecule is CCc1c[nH]c2ncnc(NC3CCC(C)(O)CC3)c12. The molecule has 108 valence electrons. The lowest BCUT2D eigenvalue weighted by atomic mass is 9.83. The van der Waals surface area contributed by atoms with Gasteiger partial charge in [-0.3, -0.25) is 0 Å². The Hall–Kier alpha value is -1.62. The number of nitrogens with one attached hydrogen (secondary N) is 2. The summed E-state index contributed by atoms with van der Waals surface area (Å²) < 4.78 is 0. The van der Waals surface area contributed by atoms with E-state index in [4.69, 9.17) is 0 Å². The van der Waals surface area contributed by atoms with E-state index in [9.17, 15) is 5.11 Å². The molecule has 1 saturated carbocycles. The van der Waals surface area contributed by atoms with Gasteiger partial charge < -0.3 is 15.4 Å². The molecule has 0 radical (unpaired) electrons. The lowest BCUT2D eigenvalue weighted by Gasteiger charge is -2.33. The number of aryl methyl sites for hydroxylation is 1. The van der Waals surface area contributed by atoms with Crippen molar-refractivity contribution in [3.05, 3.63) is 18.1 Å². The number of aliphatic hydroxyl groups is 1. The fourth-order valence-corrected chi connectivity index (χ4v) is 2.99. The van der Waals surface area contributed by atoms with Gasteiger partial charge in [-0.25, -0.2) is 9.97 Å². The van der Waals surface area contributed by atoms with Gasteiger partial charge >= 0.3 is 0 Å². The van der Waals surface area contributed by atoms with Gasteiger partial charge in [-0.2, -0.15) is 0 Å². The third kappa shape index (κ3) is 2.50. The van der Waals surface area contributed by atoms with Crippen molar-refractivity contribution in [3.8, 4) is 0 Å². The van der Waals surface area contributed by atoms with Crippen LogP contribution in [0.4, 0.5) is 5.82 Å². The van der Waals surface area contributed by atoms with Crippen molar-refractivity contribution in [1.29, 1.82) is 0 Å². The molecule has 2 aromatic heterocycles. The molecular formula is C15H22N4O. The van der Waals surface area contributed by atoms with E-state index < -0.39 is 5.60 Å². The molecule has 3 N–H and O–H groups in total. The van der Waals surface area contributed by atoms with E-state index >= 15 is 0 Å². The molecule has 20 heavy (non-hydrogen) atoms. The Morgan fingerprint density at radius 3 is 2.85 bits per heavy atom. The van der Waals surface area contributed by atoms with Crippen LogP contribution in [0.3, 0.4) is 0 Å². The van der Waals surface area contributed by atoms with Crippen LogP contribution < -0.4 is 5.32 Å². The maximum atomic E-state index is 10.0. The summed E-state index contributed by atoms with van der Waals surface area (Å²) in [4.78, 5) is 11.9. The van der Waals surface area contributed by atoms with Crippen LogP contribution in [0.15, 0.2) is 12.5 Å². The zero-order chi connectivity index (χ0) is 14.2. The standard InChI is InChI=1S/C15H22N4O/c1-3-10-8-16-13-12(10)14(18-9-17-13)19-11-4-6-15(2,20)7-5-11/h8-9,11,20H,3-7H2,1-2H3,(H2,16,17,18,19). The van der Waals surface area contributed by atoms with Gasteiger partial charge in [-0.05, 0) is 44.6 Å². The molecule has 0 bridgehead atoms. The van der Waals surface area contributed by atoms with Crippen LogP contribution in [0.5, 0.6) is 0 Å². The van der Waals surface area contributed by atoms with Crippen LogP contribution in [-0.2, 0) is 6.42 Å². The number of hydrogen-bond acceptors (Lipinski definition) is 4. The first-order chi connectivity index (χ1) is 9.59. The highest BCUT2D eigenvalue weighted by Gasteiger charge is 2.29. The highest BCUT2D eigenvalue weighted by Crippen LogP contribution is 2.31. The first kappa shape index (κ1) is 13.4. The van der Waals surface area contributed by atoms with Gasteiger partial charge in [-0.15, -0.1) is 0 Å². The van der Waals surface area contributed by atoms with Crippen molar-refractivity contribution in [2.24, 2.45) is 0 Å². The normalized spacial score (nSPS) is 26.9. The zero-order valence-corrected chi connectivity index (χ0v) is 12.1. The maximum Gasteiger partial charge on any atom is 0.143 e. The van der Waals surface area contributed by atoms with Crippen molar-refractivity contribution in [1.82, 2.24) is 15.0 Å². The van der Waals surface area contributed by atoms with E-state index in [2.05, 4.69) is 27.2 Å². The molecular weight excluding hydrogens is 252 g/mol. The highest BCUT2D eigenvalue weighted by atomic mass is 16.3. The average molecular weight is 274 g/mol. The summed E-state index contributed by atoms with van der Waals surface area (Å²) in [5.41, 5.74) is 1.63. The number of H-pyrrole nitrogens is 1. The van der Waals surface area contributed by atoms with Crippen LogP contribution in [0.2, 0.25) is 0 Å². The zero-order valence-electron chi connectivity index (χ0n) is 12.1. The Bertz CT molecular complexity index is 595. The second-order valence-electron chi connectivity index (χ2n) is 6.03. The van der Waals surface area contributed by atoms with Crippen LogP contribution in [0, 0.1) is 0 Å². The van der Waals surface area contributed by atoms with E-state index in [1.165, 1.54) is 5.56 Å². The van der Waals surface area contributed by atoms with Crippen molar-refractivity contribution in [3.63, 3.8) is 0 Å². The number of fused-ring (bicyclic) bond motifs is 1. The fraction of sp³-hybridized carbons (Fsp3) is 0.600. The van der Waals surface area contributed by atoms with Gasteiger partial charge in [0, 0.05) is 12.2 Å². The minimum absolute atomic E-state index is 0.382. The lowest BCUT2D eigenvalue weighted by Crippen LogP contribution is -2.35. The average Bonchev–Trinajstić information content (AvgIpc) is 2.85. The molecule has 0 spiro atoms. The minimum Gasteiger partial charge on any atom is -0.390 e. The Labute approximate surface area is 118 Å². The predicted octanol–water partition coefficient (Wildman–Crippen LogP) is 2.63. The molecule has 5 heteroatoms. The van der Waals surface area contributed by atoms with Gasteiger partial charge in [0.25, 0.3) is 0 Å². The molecule has 0 atom stereocenters. The van der Waals surface area contributed by atoms with Gasteiger partial charge in [0.2, 0.25) is 0 Å². The number of nitrogens with zero attached hydrogens (tertiary/aromatic N) is 2. The Morgan fingerprint density at radius 1 is 1.40 bits per heavy atom. The molecule has 0 saturated heterocycles. The Kier molecular flexibility index (Phi) is 3.38. The van der Waals surface area contributed by atoms with Gasteiger partial charge in [0.05, 0.1) is 11.0 Å². The van der Waals surface area contributed by atoms with E-state index in [1.54, 1.807) is 6.33 Å². The highest BCUT2D eigenvalue weighted by molar-refractivity contribution is 5.90. The van der Waals surface area contributed by atoms with Crippen molar-refractivity contribution in [2.75, 3.05) is 5.32 Å². The summed E-state index contributed by atoms with van der Waals surface area (Å²) in [6.07, 6.45) is 8.20. The molecule has 0 aromatic carbocycles. The number of anilines is 1. The van der Waals surface area contributed by atoms with Crippen LogP contribution in [0.25, 0.3) is 11.0 Å². The predicted molar refractivity (Wildman–Crippen MR) is 79.8 cm³/mol. The monoisotopic (exact) mass is 274 g/mol. The lowest BCUT2D eigenvalue weighted by molar-refractivity contribution is 0.0196. The molecule has 1 fully saturated rings. The van der Waals surface area contributed by atoms with Gasteiger partial charge in [0.1, 0.15) is 17.8 Å². The molecule has 2 heterocycles. The van der Waals surface area contributed by atoms with Gasteiger partial charge in [-0.1, -0.05) is 6.92 Å². The van der Waals surface area contributed by atoms with E-state index in [0.717, 1.165) is 49.0 Å². The molecule has 1 aliphatic rings. The second-order valence-corrected chi connectivity index (χ2v) is 6.03. The first-order valence-corrected chi connectivity index (χ1v) is 7.39. The maximum absolute atomic E-state index is 10.0. The van der Waals surface area contributed by atoms with Crippen molar-refractivity contribution >= 4 is 16.9 Å². The van der Waals surface area contributed by atoms with Crippen LogP contribution in [-0.4, -0.2) is 31.7 Å². The summed E-state index contributed by atoms with van der Waals surface area (Å²) in [6.45, 7) is 4.06. The Morgan fingerprint density at radius 2 is 2.15 bits per heavy atom. The molecule has 0 unspecified atom stereocenters. The molecule has 2 aromatic rings. The third-order valence-corrected chi connectivity index (χ3v) is 4.34. The second kappa shape index (κ2) is 5.05. The fourth-order valence-electron chi connectivity index (χ4n) is 2.99. The largest absolute Gasteiger partial charge is 0.390 e. The number of aromatic nitrogens is 3. The summed E-state index contributed by atoms with van der Waals surface area (Å²) in [5.74, 6) is 0.916. The van der Waals surface area contributed by atoms with Crippen molar-refractivity contribution < 1.29 is 5.11 Å². The summed E-state index contributed by atoms with van der Waals surface area (Å²) in [7, 11) is 0. The van der Waals surface area contributed by atoms with E-state index in [-0.39, 0.29) is 0 Å². The van der Waals surface area contributed by atoms with E-state index in [1.807, 2.05) is 13.1 Å². The summed E-state index contributed by atoms with van der Waals surface area (Å²) >= 11 is 0. The molecule has 3 rings (SSSR count). The minimum atomic E-state index is -0.498. The summed E-state index contributed by atoms with van der Waals surface area (Å²) in [6, 6.07) is 0.382. The molecule has 5 nitrogen and oxygen atoms in total. The summed E-state index contributed by atoms with van der Waals surface area (Å²) in [5, 5.41) is 14.7. The molecule has 0 amide bonds.